The number of hydrogen-bond acceptors (Lipinski definition) is 1. The SMILES string of the molecule is Cc1cccc(NC(=S)NC[C@H](c2ccccc2Cl)[NH+](C)C)c1. The van der Waals surface area contributed by atoms with E-state index in [1.807, 2.05) is 30.3 Å². The van der Waals surface area contributed by atoms with Gasteiger partial charge in [-0.1, -0.05) is 41.9 Å². The molecule has 2 rings (SSSR count). The van der Waals surface area contributed by atoms with Gasteiger partial charge in [-0.3, -0.25) is 0 Å². The molecule has 3 nitrogen and oxygen atoms in total. The number of halogens is 1. The molecule has 23 heavy (non-hydrogen) atoms. The van der Waals surface area contributed by atoms with E-state index in [2.05, 4.69) is 49.9 Å². The molecule has 5 heteroatoms. The number of rotatable bonds is 5. The van der Waals surface area contributed by atoms with E-state index in [0.717, 1.165) is 16.3 Å². The van der Waals surface area contributed by atoms with Crippen LogP contribution in [0.5, 0.6) is 0 Å². The summed E-state index contributed by atoms with van der Waals surface area (Å²) in [5, 5.41) is 7.93. The maximum atomic E-state index is 6.34. The zero-order valence-electron chi connectivity index (χ0n) is 13.7. The Morgan fingerprint density at radius 1 is 1.17 bits per heavy atom. The minimum absolute atomic E-state index is 0.223. The van der Waals surface area contributed by atoms with Gasteiger partial charge in [0.1, 0.15) is 6.04 Å². The average Bonchev–Trinajstić information content (AvgIpc) is 2.49. The molecule has 0 bridgehead atoms. The summed E-state index contributed by atoms with van der Waals surface area (Å²) in [5.41, 5.74) is 3.32. The van der Waals surface area contributed by atoms with Crippen molar-refractivity contribution in [2.45, 2.75) is 13.0 Å². The van der Waals surface area contributed by atoms with E-state index < -0.39 is 0 Å². The van der Waals surface area contributed by atoms with Gasteiger partial charge in [0.05, 0.1) is 20.6 Å². The van der Waals surface area contributed by atoms with Gasteiger partial charge in [0, 0.05) is 16.3 Å². The Morgan fingerprint density at radius 3 is 2.57 bits per heavy atom. The summed E-state index contributed by atoms with van der Waals surface area (Å²) in [7, 11) is 4.24. The van der Waals surface area contributed by atoms with Crippen molar-refractivity contribution in [2.24, 2.45) is 0 Å². The van der Waals surface area contributed by atoms with Gasteiger partial charge < -0.3 is 15.5 Å². The molecule has 0 saturated carbocycles. The van der Waals surface area contributed by atoms with E-state index in [4.69, 9.17) is 23.8 Å². The van der Waals surface area contributed by atoms with Gasteiger partial charge in [0.25, 0.3) is 0 Å². The first-order valence-corrected chi connectivity index (χ1v) is 8.42. The molecule has 2 aromatic rings. The standard InChI is InChI=1S/C18H22ClN3S/c1-13-7-6-8-14(11-13)21-18(23)20-12-17(22(2)3)15-9-4-5-10-16(15)19/h4-11,17H,12H2,1-3H3,(H2,20,21,23)/p+1/t17-/m1/s1. The third kappa shape index (κ3) is 5.20. The molecule has 0 aliphatic heterocycles. The monoisotopic (exact) mass is 348 g/mol. The van der Waals surface area contributed by atoms with Crippen LogP contribution >= 0.6 is 23.8 Å². The summed E-state index contributed by atoms with van der Waals surface area (Å²) in [6.07, 6.45) is 0. The molecule has 0 fully saturated rings. The highest BCUT2D eigenvalue weighted by Gasteiger charge is 2.20. The molecule has 3 N–H and O–H groups in total. The normalized spacial score (nSPS) is 12.0. The molecule has 0 aliphatic carbocycles. The van der Waals surface area contributed by atoms with E-state index in [0.29, 0.717) is 11.7 Å². The van der Waals surface area contributed by atoms with Crippen molar-refractivity contribution in [3.63, 3.8) is 0 Å². The van der Waals surface area contributed by atoms with Crippen molar-refractivity contribution in [1.29, 1.82) is 0 Å². The first-order chi connectivity index (χ1) is 11.0. The maximum absolute atomic E-state index is 6.34. The van der Waals surface area contributed by atoms with Crippen LogP contribution in [0, 0.1) is 6.92 Å². The predicted octanol–water partition coefficient (Wildman–Crippen LogP) is 2.82. The van der Waals surface area contributed by atoms with Crippen LogP contribution in [-0.4, -0.2) is 25.8 Å². The van der Waals surface area contributed by atoms with Crippen LogP contribution in [0.15, 0.2) is 48.5 Å². The maximum Gasteiger partial charge on any atom is 0.171 e. The number of aryl methyl sites for hydroxylation is 1. The van der Waals surface area contributed by atoms with Crippen LogP contribution in [0.1, 0.15) is 17.2 Å². The number of likely N-dealkylation sites (N-methyl/N-ethyl adjacent to an activating group) is 1. The number of anilines is 1. The van der Waals surface area contributed by atoms with Crippen LogP contribution < -0.4 is 15.5 Å². The van der Waals surface area contributed by atoms with Gasteiger partial charge in [-0.2, -0.15) is 0 Å². The number of quaternary nitrogens is 1. The molecular weight excluding hydrogens is 326 g/mol. The van der Waals surface area contributed by atoms with Gasteiger partial charge in [-0.05, 0) is 42.9 Å². The van der Waals surface area contributed by atoms with Crippen molar-refractivity contribution >= 4 is 34.6 Å². The van der Waals surface area contributed by atoms with Gasteiger partial charge in [-0.15, -0.1) is 0 Å². The highest BCUT2D eigenvalue weighted by Crippen LogP contribution is 2.20. The number of nitrogens with one attached hydrogen (secondary N) is 3. The second-order valence-corrected chi connectivity index (χ2v) is 6.67. The molecule has 0 saturated heterocycles. The fraction of sp³-hybridized carbons (Fsp3) is 0.278. The molecule has 0 spiro atoms. The van der Waals surface area contributed by atoms with E-state index in [1.165, 1.54) is 10.5 Å². The van der Waals surface area contributed by atoms with Gasteiger partial charge >= 0.3 is 0 Å². The van der Waals surface area contributed by atoms with E-state index in [-0.39, 0.29) is 6.04 Å². The smallest absolute Gasteiger partial charge is 0.171 e. The summed E-state index contributed by atoms with van der Waals surface area (Å²) >= 11 is 11.7. The van der Waals surface area contributed by atoms with Crippen molar-refractivity contribution in [3.05, 3.63) is 64.7 Å². The Balaban J connectivity index is 1.99. The van der Waals surface area contributed by atoms with Crippen molar-refractivity contribution in [3.8, 4) is 0 Å². The molecule has 0 aliphatic rings. The Hall–Kier alpha value is -1.62. The summed E-state index contributed by atoms with van der Waals surface area (Å²) in [4.78, 5) is 1.30. The number of benzene rings is 2. The topological polar surface area (TPSA) is 28.5 Å². The first kappa shape index (κ1) is 17.7. The van der Waals surface area contributed by atoms with Crippen LogP contribution in [0.25, 0.3) is 0 Å². The molecule has 0 heterocycles. The Kier molecular flexibility index (Phi) is 6.39. The van der Waals surface area contributed by atoms with Crippen LogP contribution in [0.2, 0.25) is 5.02 Å². The predicted molar refractivity (Wildman–Crippen MR) is 102 cm³/mol. The minimum atomic E-state index is 0.223. The second-order valence-electron chi connectivity index (χ2n) is 5.86. The van der Waals surface area contributed by atoms with Crippen LogP contribution in [0.4, 0.5) is 5.69 Å². The first-order valence-electron chi connectivity index (χ1n) is 7.63. The lowest BCUT2D eigenvalue weighted by atomic mass is 10.1. The Labute approximate surface area is 148 Å². The average molecular weight is 349 g/mol. The lowest BCUT2D eigenvalue weighted by Crippen LogP contribution is -3.07. The van der Waals surface area contributed by atoms with Gasteiger partial charge in [0.2, 0.25) is 0 Å². The molecule has 1 atom stereocenters. The largest absolute Gasteiger partial charge is 0.356 e. The summed E-state index contributed by atoms with van der Waals surface area (Å²) < 4.78 is 0. The number of thiocarbonyl (C=S) groups is 1. The number of hydrogen-bond donors (Lipinski definition) is 3. The van der Waals surface area contributed by atoms with Gasteiger partial charge in [-0.25, -0.2) is 0 Å². The fourth-order valence-electron chi connectivity index (χ4n) is 2.48. The van der Waals surface area contributed by atoms with E-state index >= 15 is 0 Å². The third-order valence-electron chi connectivity index (χ3n) is 3.72. The molecule has 0 radical (unpaired) electrons. The molecule has 122 valence electrons. The quantitative estimate of drug-likeness (QED) is 0.726. The van der Waals surface area contributed by atoms with Crippen LogP contribution in [-0.2, 0) is 0 Å². The second kappa shape index (κ2) is 8.29. The lowest BCUT2D eigenvalue weighted by molar-refractivity contribution is -0.890. The van der Waals surface area contributed by atoms with Crippen molar-refractivity contribution in [2.75, 3.05) is 26.0 Å². The van der Waals surface area contributed by atoms with Crippen molar-refractivity contribution in [1.82, 2.24) is 5.32 Å². The lowest BCUT2D eigenvalue weighted by Gasteiger charge is -2.24. The Morgan fingerprint density at radius 2 is 1.91 bits per heavy atom. The van der Waals surface area contributed by atoms with E-state index in [1.54, 1.807) is 0 Å². The minimum Gasteiger partial charge on any atom is -0.356 e. The molecular formula is C18H23ClN3S+. The molecule has 0 amide bonds. The van der Waals surface area contributed by atoms with Crippen molar-refractivity contribution < 1.29 is 4.90 Å². The Bertz CT molecular complexity index is 673. The van der Waals surface area contributed by atoms with Crippen LogP contribution in [0.3, 0.4) is 0 Å². The summed E-state index contributed by atoms with van der Waals surface area (Å²) in [6, 6.07) is 16.3. The highest BCUT2D eigenvalue weighted by atomic mass is 35.5. The fourth-order valence-corrected chi connectivity index (χ4v) is 2.94. The molecule has 0 aromatic heterocycles. The molecule has 0 unspecified atom stereocenters. The van der Waals surface area contributed by atoms with E-state index in [9.17, 15) is 0 Å². The molecule has 2 aromatic carbocycles. The summed E-state index contributed by atoms with van der Waals surface area (Å²) in [6.45, 7) is 2.77. The third-order valence-corrected chi connectivity index (χ3v) is 4.31. The van der Waals surface area contributed by atoms with Gasteiger partial charge in [0.15, 0.2) is 5.11 Å². The zero-order valence-corrected chi connectivity index (χ0v) is 15.3. The highest BCUT2D eigenvalue weighted by molar-refractivity contribution is 7.80. The summed E-state index contributed by atoms with van der Waals surface area (Å²) in [5.74, 6) is 0. The zero-order chi connectivity index (χ0) is 16.8.